The summed E-state index contributed by atoms with van der Waals surface area (Å²) in [5.74, 6) is -0.319. The van der Waals surface area contributed by atoms with Gasteiger partial charge >= 0.3 is 5.76 Å². The molecule has 0 aliphatic carbocycles. The molecule has 0 radical (unpaired) electrons. The topological polar surface area (TPSA) is 61.2 Å². The van der Waals surface area contributed by atoms with E-state index in [2.05, 4.69) is 0 Å². The van der Waals surface area contributed by atoms with Crippen LogP contribution in [0.4, 0.5) is 0 Å². The smallest absolute Gasteiger partial charge is 0.408 e. The molecule has 1 aromatic carbocycles. The third-order valence-electron chi connectivity index (χ3n) is 2.53. The van der Waals surface area contributed by atoms with Gasteiger partial charge in [-0.1, -0.05) is 6.07 Å². The number of benzene rings is 1. The molecule has 0 amide bonds. The highest BCUT2D eigenvalue weighted by Gasteiger charge is 2.05. The van der Waals surface area contributed by atoms with Crippen molar-refractivity contribution in [2.24, 2.45) is 12.8 Å². The van der Waals surface area contributed by atoms with Crippen LogP contribution < -0.4 is 11.5 Å². The number of hydrogen-bond acceptors (Lipinski definition) is 3. The van der Waals surface area contributed by atoms with Crippen LogP contribution in [0.2, 0.25) is 0 Å². The van der Waals surface area contributed by atoms with Crippen LogP contribution in [0.5, 0.6) is 0 Å². The summed E-state index contributed by atoms with van der Waals surface area (Å²) >= 11 is 0. The molecule has 2 rings (SSSR count). The van der Waals surface area contributed by atoms with Gasteiger partial charge in [0.1, 0.15) is 0 Å². The number of aromatic nitrogens is 1. The highest BCUT2D eigenvalue weighted by molar-refractivity contribution is 5.73. The molecule has 15 heavy (non-hydrogen) atoms. The fourth-order valence-electron chi connectivity index (χ4n) is 1.64. The molecule has 2 aromatic rings. The molecule has 0 unspecified atom stereocenters. The first-order chi connectivity index (χ1) is 7.22. The monoisotopic (exact) mass is 206 g/mol. The fourth-order valence-corrected chi connectivity index (χ4v) is 1.64. The Balaban J connectivity index is 2.43. The molecule has 0 aliphatic heterocycles. The maximum atomic E-state index is 11.2. The lowest BCUT2D eigenvalue weighted by molar-refractivity contribution is 0.528. The van der Waals surface area contributed by atoms with Crippen molar-refractivity contribution >= 4 is 11.1 Å². The van der Waals surface area contributed by atoms with Crippen LogP contribution in [-0.4, -0.2) is 11.1 Å². The number of nitrogens with zero attached hydrogens (tertiary/aromatic N) is 1. The van der Waals surface area contributed by atoms with Gasteiger partial charge in [-0.05, 0) is 37.1 Å². The van der Waals surface area contributed by atoms with E-state index in [1.807, 2.05) is 18.2 Å². The van der Waals surface area contributed by atoms with Crippen molar-refractivity contribution in [2.45, 2.75) is 12.8 Å². The molecule has 0 fully saturated rings. The van der Waals surface area contributed by atoms with Gasteiger partial charge in [0.15, 0.2) is 5.58 Å². The Morgan fingerprint density at radius 1 is 1.47 bits per heavy atom. The Bertz CT molecular complexity index is 525. The molecule has 4 nitrogen and oxygen atoms in total. The summed E-state index contributed by atoms with van der Waals surface area (Å²) in [6.45, 7) is 0.677. The van der Waals surface area contributed by atoms with Gasteiger partial charge in [0, 0.05) is 7.05 Å². The SMILES string of the molecule is Cn1c(=O)oc2cc(CCCN)ccc21. The molecule has 0 saturated heterocycles. The third kappa shape index (κ3) is 1.80. The van der Waals surface area contributed by atoms with Crippen molar-refractivity contribution < 1.29 is 4.42 Å². The van der Waals surface area contributed by atoms with E-state index in [0.29, 0.717) is 12.1 Å². The maximum absolute atomic E-state index is 11.2. The van der Waals surface area contributed by atoms with E-state index in [9.17, 15) is 4.79 Å². The van der Waals surface area contributed by atoms with Crippen molar-refractivity contribution in [1.82, 2.24) is 4.57 Å². The van der Waals surface area contributed by atoms with Gasteiger partial charge in [0.25, 0.3) is 0 Å². The molecule has 0 bridgehead atoms. The van der Waals surface area contributed by atoms with E-state index in [4.69, 9.17) is 10.2 Å². The lowest BCUT2D eigenvalue weighted by Crippen LogP contribution is -2.08. The van der Waals surface area contributed by atoms with Crippen LogP contribution in [-0.2, 0) is 13.5 Å². The maximum Gasteiger partial charge on any atom is 0.419 e. The predicted octanol–water partition coefficient (Wildman–Crippen LogP) is 1.02. The van der Waals surface area contributed by atoms with Gasteiger partial charge in [-0.3, -0.25) is 4.57 Å². The van der Waals surface area contributed by atoms with E-state index in [0.717, 1.165) is 23.9 Å². The second-order valence-corrected chi connectivity index (χ2v) is 3.62. The summed E-state index contributed by atoms with van der Waals surface area (Å²) in [6, 6.07) is 5.82. The quantitative estimate of drug-likeness (QED) is 0.815. The summed E-state index contributed by atoms with van der Waals surface area (Å²) in [7, 11) is 1.70. The summed E-state index contributed by atoms with van der Waals surface area (Å²) in [5.41, 5.74) is 8.07. The molecule has 4 heteroatoms. The largest absolute Gasteiger partial charge is 0.419 e. The highest BCUT2D eigenvalue weighted by atomic mass is 16.4. The molecule has 0 spiro atoms. The molecule has 0 saturated carbocycles. The summed E-state index contributed by atoms with van der Waals surface area (Å²) < 4.78 is 6.60. The standard InChI is InChI=1S/C11H14N2O2/c1-13-9-5-4-8(3-2-6-12)7-10(9)15-11(13)14/h4-5,7H,2-3,6,12H2,1H3. The minimum atomic E-state index is -0.319. The summed E-state index contributed by atoms with van der Waals surface area (Å²) in [6.07, 6.45) is 1.87. The zero-order valence-corrected chi connectivity index (χ0v) is 8.69. The Hall–Kier alpha value is -1.55. The zero-order chi connectivity index (χ0) is 10.8. The number of rotatable bonds is 3. The van der Waals surface area contributed by atoms with Crippen molar-refractivity contribution in [3.63, 3.8) is 0 Å². The van der Waals surface area contributed by atoms with Gasteiger partial charge in [-0.25, -0.2) is 4.79 Å². The molecule has 80 valence electrons. The lowest BCUT2D eigenvalue weighted by Gasteiger charge is -1.99. The normalized spacial score (nSPS) is 11.1. The van der Waals surface area contributed by atoms with Gasteiger partial charge < -0.3 is 10.2 Å². The summed E-state index contributed by atoms with van der Waals surface area (Å²) in [4.78, 5) is 11.2. The Kier molecular flexibility index (Phi) is 2.60. The first kappa shape index (κ1) is 9.98. The van der Waals surface area contributed by atoms with E-state index in [-0.39, 0.29) is 5.76 Å². The Labute approximate surface area is 87.3 Å². The van der Waals surface area contributed by atoms with E-state index < -0.39 is 0 Å². The van der Waals surface area contributed by atoms with Crippen LogP contribution in [0.3, 0.4) is 0 Å². The number of hydrogen-bond donors (Lipinski definition) is 1. The molecular weight excluding hydrogens is 192 g/mol. The average molecular weight is 206 g/mol. The molecule has 0 aliphatic rings. The predicted molar refractivity (Wildman–Crippen MR) is 58.8 cm³/mol. The van der Waals surface area contributed by atoms with E-state index in [1.165, 1.54) is 4.57 Å². The van der Waals surface area contributed by atoms with Crippen molar-refractivity contribution in [1.29, 1.82) is 0 Å². The highest BCUT2D eigenvalue weighted by Crippen LogP contribution is 2.15. The van der Waals surface area contributed by atoms with Crippen LogP contribution in [0, 0.1) is 0 Å². The lowest BCUT2D eigenvalue weighted by atomic mass is 10.1. The molecule has 2 N–H and O–H groups in total. The van der Waals surface area contributed by atoms with Gasteiger partial charge in [-0.2, -0.15) is 0 Å². The van der Waals surface area contributed by atoms with Crippen molar-refractivity contribution in [3.8, 4) is 0 Å². The van der Waals surface area contributed by atoms with Crippen LogP contribution in [0.1, 0.15) is 12.0 Å². The molecular formula is C11H14N2O2. The summed E-state index contributed by atoms with van der Waals surface area (Å²) in [5, 5.41) is 0. The van der Waals surface area contributed by atoms with Crippen molar-refractivity contribution in [2.75, 3.05) is 6.54 Å². The third-order valence-corrected chi connectivity index (χ3v) is 2.53. The minimum absolute atomic E-state index is 0.319. The van der Waals surface area contributed by atoms with Crippen LogP contribution >= 0.6 is 0 Å². The first-order valence-electron chi connectivity index (χ1n) is 5.01. The number of aryl methyl sites for hydroxylation is 2. The van der Waals surface area contributed by atoms with Gasteiger partial charge in [0.2, 0.25) is 0 Å². The number of oxazole rings is 1. The van der Waals surface area contributed by atoms with Crippen LogP contribution in [0.25, 0.3) is 11.1 Å². The first-order valence-corrected chi connectivity index (χ1v) is 5.01. The van der Waals surface area contributed by atoms with Crippen LogP contribution in [0.15, 0.2) is 27.4 Å². The van der Waals surface area contributed by atoms with Gasteiger partial charge in [0.05, 0.1) is 5.52 Å². The minimum Gasteiger partial charge on any atom is -0.408 e. The second kappa shape index (κ2) is 3.90. The Morgan fingerprint density at radius 2 is 2.27 bits per heavy atom. The average Bonchev–Trinajstić information content (AvgIpc) is 2.52. The Morgan fingerprint density at radius 3 is 3.00 bits per heavy atom. The zero-order valence-electron chi connectivity index (χ0n) is 8.69. The molecule has 0 atom stereocenters. The van der Waals surface area contributed by atoms with E-state index in [1.54, 1.807) is 7.05 Å². The number of fused-ring (bicyclic) bond motifs is 1. The molecule has 1 aromatic heterocycles. The number of nitrogens with two attached hydrogens (primary N) is 1. The van der Waals surface area contributed by atoms with E-state index >= 15 is 0 Å². The van der Waals surface area contributed by atoms with Crippen molar-refractivity contribution in [3.05, 3.63) is 34.3 Å². The molecule has 1 heterocycles. The second-order valence-electron chi connectivity index (χ2n) is 3.62. The fraction of sp³-hybridized carbons (Fsp3) is 0.364. The van der Waals surface area contributed by atoms with Gasteiger partial charge in [-0.15, -0.1) is 0 Å².